The fraction of sp³-hybridized carbons (Fsp3) is 0.200. The molecule has 1 heterocycles. The van der Waals surface area contributed by atoms with Crippen LogP contribution in [0.3, 0.4) is 0 Å². The molecular weight excluding hydrogens is 338 g/mol. The summed E-state index contributed by atoms with van der Waals surface area (Å²) in [5.74, 6) is -0.427. The number of hydrogen-bond donors (Lipinski definition) is 2. The van der Waals surface area contributed by atoms with Crippen molar-refractivity contribution >= 4 is 33.2 Å². The number of sulfonamides is 1. The molecular formula is C15H16ClN3O3S. The van der Waals surface area contributed by atoms with E-state index in [2.05, 4.69) is 15.0 Å². The number of carbonyl (C=O) groups is 1. The topological polar surface area (TPSA) is 88.2 Å². The number of nitrogens with one attached hydrogen (secondary N) is 2. The van der Waals surface area contributed by atoms with Gasteiger partial charge in [-0.25, -0.2) is 13.1 Å². The summed E-state index contributed by atoms with van der Waals surface area (Å²) in [6.45, 7) is 3.48. The van der Waals surface area contributed by atoms with Crippen LogP contribution in [0.1, 0.15) is 24.3 Å². The second-order valence-corrected chi connectivity index (χ2v) is 7.26. The number of hydrogen-bond acceptors (Lipinski definition) is 4. The fourth-order valence-corrected chi connectivity index (χ4v) is 3.23. The van der Waals surface area contributed by atoms with E-state index in [1.54, 1.807) is 19.9 Å². The van der Waals surface area contributed by atoms with Gasteiger partial charge in [-0.15, -0.1) is 0 Å². The monoisotopic (exact) mass is 353 g/mol. The van der Waals surface area contributed by atoms with Gasteiger partial charge in [0.1, 0.15) is 5.69 Å². The lowest BCUT2D eigenvalue weighted by molar-refractivity contribution is 0.102. The Hall–Kier alpha value is -1.96. The van der Waals surface area contributed by atoms with Gasteiger partial charge in [-0.2, -0.15) is 0 Å². The number of aromatic nitrogens is 1. The van der Waals surface area contributed by atoms with Crippen LogP contribution in [0.5, 0.6) is 0 Å². The predicted octanol–water partition coefficient (Wildman–Crippen LogP) is 2.67. The summed E-state index contributed by atoms with van der Waals surface area (Å²) >= 11 is 5.81. The lowest BCUT2D eigenvalue weighted by atomic mass is 10.3. The highest BCUT2D eigenvalue weighted by molar-refractivity contribution is 7.89. The van der Waals surface area contributed by atoms with Gasteiger partial charge in [-0.1, -0.05) is 11.6 Å². The van der Waals surface area contributed by atoms with E-state index in [9.17, 15) is 13.2 Å². The zero-order valence-electron chi connectivity index (χ0n) is 12.6. The van der Waals surface area contributed by atoms with Crippen LogP contribution < -0.4 is 10.0 Å². The average Bonchev–Trinajstić information content (AvgIpc) is 2.46. The van der Waals surface area contributed by atoms with Crippen LogP contribution in [0.15, 0.2) is 47.5 Å². The zero-order valence-corrected chi connectivity index (χ0v) is 14.1. The fourth-order valence-electron chi connectivity index (χ4n) is 1.82. The Morgan fingerprint density at radius 2 is 1.83 bits per heavy atom. The molecule has 0 saturated heterocycles. The van der Waals surface area contributed by atoms with E-state index < -0.39 is 15.9 Å². The number of amides is 1. The summed E-state index contributed by atoms with van der Waals surface area (Å²) in [6.07, 6.45) is 1.44. The van der Waals surface area contributed by atoms with Crippen molar-refractivity contribution in [3.05, 3.63) is 53.3 Å². The highest BCUT2D eigenvalue weighted by atomic mass is 35.5. The molecule has 0 aliphatic heterocycles. The molecule has 2 N–H and O–H groups in total. The van der Waals surface area contributed by atoms with Crippen LogP contribution in [0.4, 0.5) is 5.69 Å². The number of carbonyl (C=O) groups excluding carboxylic acids is 1. The second kappa shape index (κ2) is 7.08. The SMILES string of the molecule is CC(C)NS(=O)(=O)c1ccc(NC(=O)c2cc(Cl)ccn2)cc1. The first-order chi connectivity index (χ1) is 10.8. The molecule has 0 unspecified atom stereocenters. The van der Waals surface area contributed by atoms with Crippen LogP contribution in [0, 0.1) is 0 Å². The van der Waals surface area contributed by atoms with Crippen LogP contribution >= 0.6 is 11.6 Å². The molecule has 6 nitrogen and oxygen atoms in total. The Bertz CT molecular complexity index is 805. The molecule has 0 aliphatic rings. The normalized spacial score (nSPS) is 11.5. The number of halogens is 1. The summed E-state index contributed by atoms with van der Waals surface area (Å²) in [6, 6.07) is 8.68. The minimum atomic E-state index is -3.56. The number of nitrogens with zero attached hydrogens (tertiary/aromatic N) is 1. The van der Waals surface area contributed by atoms with E-state index >= 15 is 0 Å². The Morgan fingerprint density at radius 3 is 2.39 bits per heavy atom. The van der Waals surface area contributed by atoms with Crippen LogP contribution in [0.2, 0.25) is 5.02 Å². The molecule has 0 aliphatic carbocycles. The highest BCUT2D eigenvalue weighted by Gasteiger charge is 2.15. The van der Waals surface area contributed by atoms with Crippen molar-refractivity contribution in [3.63, 3.8) is 0 Å². The average molecular weight is 354 g/mol. The molecule has 1 aromatic carbocycles. The van der Waals surface area contributed by atoms with Crippen molar-refractivity contribution in [3.8, 4) is 0 Å². The zero-order chi connectivity index (χ0) is 17.0. The van der Waals surface area contributed by atoms with Gasteiger partial charge in [-0.3, -0.25) is 9.78 Å². The van der Waals surface area contributed by atoms with E-state index in [-0.39, 0.29) is 16.6 Å². The molecule has 0 bridgehead atoms. The molecule has 0 radical (unpaired) electrons. The van der Waals surface area contributed by atoms with Crippen molar-refractivity contribution < 1.29 is 13.2 Å². The minimum Gasteiger partial charge on any atom is -0.321 e. The summed E-state index contributed by atoms with van der Waals surface area (Å²) < 4.78 is 26.5. The molecule has 2 rings (SSSR count). The van der Waals surface area contributed by atoms with E-state index in [1.165, 1.54) is 36.5 Å². The van der Waals surface area contributed by atoms with E-state index in [1.807, 2.05) is 0 Å². The third-order valence-corrected chi connectivity index (χ3v) is 4.68. The first-order valence-corrected chi connectivity index (χ1v) is 8.69. The van der Waals surface area contributed by atoms with Gasteiger partial charge in [0.05, 0.1) is 4.90 Å². The first-order valence-electron chi connectivity index (χ1n) is 6.83. The van der Waals surface area contributed by atoms with Crippen molar-refractivity contribution in [2.24, 2.45) is 0 Å². The molecule has 0 atom stereocenters. The largest absolute Gasteiger partial charge is 0.321 e. The molecule has 1 aromatic heterocycles. The van der Waals surface area contributed by atoms with Crippen molar-refractivity contribution in [1.29, 1.82) is 0 Å². The van der Waals surface area contributed by atoms with Crippen molar-refractivity contribution in [1.82, 2.24) is 9.71 Å². The lowest BCUT2D eigenvalue weighted by Gasteiger charge is -2.10. The Balaban J connectivity index is 2.13. The van der Waals surface area contributed by atoms with Gasteiger partial charge >= 0.3 is 0 Å². The maximum absolute atomic E-state index is 12.0. The summed E-state index contributed by atoms with van der Waals surface area (Å²) in [4.78, 5) is 16.1. The molecule has 0 spiro atoms. The molecule has 2 aromatic rings. The number of benzene rings is 1. The molecule has 122 valence electrons. The molecule has 8 heteroatoms. The van der Waals surface area contributed by atoms with E-state index in [4.69, 9.17) is 11.6 Å². The van der Waals surface area contributed by atoms with Gasteiger partial charge in [0.2, 0.25) is 10.0 Å². The van der Waals surface area contributed by atoms with E-state index in [0.29, 0.717) is 10.7 Å². The van der Waals surface area contributed by atoms with E-state index in [0.717, 1.165) is 0 Å². The van der Waals surface area contributed by atoms with Gasteiger partial charge in [0.25, 0.3) is 5.91 Å². The van der Waals surface area contributed by atoms with Crippen molar-refractivity contribution in [2.75, 3.05) is 5.32 Å². The summed E-state index contributed by atoms with van der Waals surface area (Å²) in [7, 11) is -3.56. The standard InChI is InChI=1S/C15H16ClN3O3S/c1-10(2)19-23(21,22)13-5-3-12(4-6-13)18-15(20)14-9-11(16)7-8-17-14/h3-10,19H,1-2H3,(H,18,20). The third kappa shape index (κ3) is 4.75. The quantitative estimate of drug-likeness (QED) is 0.865. The molecule has 23 heavy (non-hydrogen) atoms. The second-order valence-electron chi connectivity index (χ2n) is 5.11. The number of pyridine rings is 1. The Kier molecular flexibility index (Phi) is 5.35. The van der Waals surface area contributed by atoms with Crippen LogP contribution in [-0.2, 0) is 10.0 Å². The summed E-state index contributed by atoms with van der Waals surface area (Å²) in [5, 5.41) is 3.04. The molecule has 1 amide bonds. The van der Waals surface area contributed by atoms with Crippen LogP contribution in [0.25, 0.3) is 0 Å². The predicted molar refractivity (Wildman–Crippen MR) is 89.1 cm³/mol. The minimum absolute atomic E-state index is 0.130. The molecule has 0 fully saturated rings. The lowest BCUT2D eigenvalue weighted by Crippen LogP contribution is -2.30. The first kappa shape index (κ1) is 17.4. The number of anilines is 1. The maximum atomic E-state index is 12.0. The maximum Gasteiger partial charge on any atom is 0.274 e. The van der Waals surface area contributed by atoms with Gasteiger partial charge in [0, 0.05) is 22.9 Å². The smallest absolute Gasteiger partial charge is 0.274 e. The summed E-state index contributed by atoms with van der Waals surface area (Å²) in [5.41, 5.74) is 0.635. The van der Waals surface area contributed by atoms with Crippen molar-refractivity contribution in [2.45, 2.75) is 24.8 Å². The highest BCUT2D eigenvalue weighted by Crippen LogP contribution is 2.16. The Labute approximate surface area is 139 Å². The van der Waals surface area contributed by atoms with Gasteiger partial charge in [0.15, 0.2) is 0 Å². The molecule has 0 saturated carbocycles. The Morgan fingerprint density at radius 1 is 1.17 bits per heavy atom. The van der Waals surface area contributed by atoms with Gasteiger partial charge in [-0.05, 0) is 50.2 Å². The van der Waals surface area contributed by atoms with Gasteiger partial charge < -0.3 is 5.32 Å². The van der Waals surface area contributed by atoms with Crippen LogP contribution in [-0.4, -0.2) is 25.4 Å². The third-order valence-electron chi connectivity index (χ3n) is 2.77. The number of rotatable bonds is 5.